The predicted octanol–water partition coefficient (Wildman–Crippen LogP) is 3.44. The van der Waals surface area contributed by atoms with E-state index in [1.165, 1.54) is 0 Å². The zero-order valence-electron chi connectivity index (χ0n) is 12.8. The van der Waals surface area contributed by atoms with E-state index in [1.807, 2.05) is 0 Å². The van der Waals surface area contributed by atoms with Crippen LogP contribution in [0.2, 0.25) is 0 Å². The van der Waals surface area contributed by atoms with Crippen LogP contribution in [0.3, 0.4) is 0 Å². The van der Waals surface area contributed by atoms with E-state index in [1.54, 1.807) is 30.3 Å². The summed E-state index contributed by atoms with van der Waals surface area (Å²) in [5, 5.41) is 8.82. The van der Waals surface area contributed by atoms with Gasteiger partial charge in [0.2, 0.25) is 0 Å². The van der Waals surface area contributed by atoms with Gasteiger partial charge in [0.15, 0.2) is 0 Å². The van der Waals surface area contributed by atoms with Crippen LogP contribution >= 0.6 is 0 Å². The van der Waals surface area contributed by atoms with Crippen molar-refractivity contribution >= 4 is 12.1 Å². The fraction of sp³-hybridized carbons (Fsp3) is 0.500. The van der Waals surface area contributed by atoms with Gasteiger partial charge in [0, 0.05) is 6.54 Å². The number of rotatable bonds is 4. The normalized spacial score (nSPS) is 21.4. The number of carboxylic acids is 1. The SMILES string of the molecule is O=C(O)C[C@H]1CCCN(C(=O)OCc2ccccc2)[C@@H]1C(F)(F)F. The lowest BCUT2D eigenvalue weighted by atomic mass is 9.86. The Morgan fingerprint density at radius 3 is 2.50 bits per heavy atom. The number of alkyl halides is 3. The highest BCUT2D eigenvalue weighted by atomic mass is 19.4. The number of carbonyl (C=O) groups excluding carboxylic acids is 1. The number of benzene rings is 1. The highest BCUT2D eigenvalue weighted by molar-refractivity contribution is 5.70. The molecule has 2 rings (SSSR count). The summed E-state index contributed by atoms with van der Waals surface area (Å²) in [6.07, 6.45) is -5.99. The van der Waals surface area contributed by atoms with Gasteiger partial charge in [-0.3, -0.25) is 9.69 Å². The molecule has 0 aromatic heterocycles. The molecule has 1 aromatic rings. The molecule has 24 heavy (non-hydrogen) atoms. The molecule has 0 radical (unpaired) electrons. The molecule has 5 nitrogen and oxygen atoms in total. The van der Waals surface area contributed by atoms with Crippen molar-refractivity contribution in [2.24, 2.45) is 5.92 Å². The molecule has 2 atom stereocenters. The lowest BCUT2D eigenvalue weighted by Crippen LogP contribution is -2.56. The Balaban J connectivity index is 2.09. The van der Waals surface area contributed by atoms with Crippen LogP contribution in [0.15, 0.2) is 30.3 Å². The Kier molecular flexibility index (Phi) is 5.69. The second-order valence-electron chi connectivity index (χ2n) is 5.72. The zero-order chi connectivity index (χ0) is 17.7. The third kappa shape index (κ3) is 4.62. The molecule has 1 aliphatic rings. The molecule has 0 bridgehead atoms. The molecule has 1 heterocycles. The Morgan fingerprint density at radius 1 is 1.25 bits per heavy atom. The summed E-state index contributed by atoms with van der Waals surface area (Å²) in [6.45, 7) is -0.238. The van der Waals surface area contributed by atoms with Crippen LogP contribution in [0.1, 0.15) is 24.8 Å². The number of carbonyl (C=O) groups is 2. The van der Waals surface area contributed by atoms with Gasteiger partial charge < -0.3 is 9.84 Å². The first-order valence-electron chi connectivity index (χ1n) is 7.55. The minimum absolute atomic E-state index is 0.103. The van der Waals surface area contributed by atoms with E-state index in [4.69, 9.17) is 9.84 Å². The number of amides is 1. The number of hydrogen-bond acceptors (Lipinski definition) is 3. The molecule has 1 N–H and O–H groups in total. The molecular formula is C16H18F3NO4. The van der Waals surface area contributed by atoms with Gasteiger partial charge in [-0.1, -0.05) is 30.3 Å². The number of carboxylic acid groups (broad SMARTS) is 1. The number of halogens is 3. The average Bonchev–Trinajstić information content (AvgIpc) is 2.51. The van der Waals surface area contributed by atoms with Crippen LogP contribution in [0.25, 0.3) is 0 Å². The number of ether oxygens (including phenoxy) is 1. The van der Waals surface area contributed by atoms with E-state index in [9.17, 15) is 22.8 Å². The van der Waals surface area contributed by atoms with Gasteiger partial charge in [-0.05, 0) is 24.3 Å². The second kappa shape index (κ2) is 7.55. The number of nitrogens with zero attached hydrogens (tertiary/aromatic N) is 1. The quantitative estimate of drug-likeness (QED) is 0.908. The second-order valence-corrected chi connectivity index (χ2v) is 5.72. The van der Waals surface area contributed by atoms with Gasteiger partial charge in [0.1, 0.15) is 12.6 Å². The van der Waals surface area contributed by atoms with E-state index in [2.05, 4.69) is 0 Å². The lowest BCUT2D eigenvalue weighted by molar-refractivity contribution is -0.201. The maximum atomic E-state index is 13.4. The number of hydrogen-bond donors (Lipinski definition) is 1. The number of piperidine rings is 1. The molecule has 132 valence electrons. The number of aliphatic carboxylic acids is 1. The summed E-state index contributed by atoms with van der Waals surface area (Å²) < 4.78 is 45.1. The summed E-state index contributed by atoms with van der Waals surface area (Å²) in [7, 11) is 0. The van der Waals surface area contributed by atoms with E-state index < -0.39 is 36.6 Å². The van der Waals surface area contributed by atoms with Crippen LogP contribution in [0.5, 0.6) is 0 Å². The van der Waals surface area contributed by atoms with Crippen molar-refractivity contribution in [1.29, 1.82) is 0 Å². The molecule has 0 unspecified atom stereocenters. The molecular weight excluding hydrogens is 327 g/mol. The van der Waals surface area contributed by atoms with Crippen LogP contribution in [-0.4, -0.2) is 40.8 Å². The van der Waals surface area contributed by atoms with E-state index in [-0.39, 0.29) is 19.6 Å². The topological polar surface area (TPSA) is 66.8 Å². The van der Waals surface area contributed by atoms with Gasteiger partial charge in [-0.2, -0.15) is 13.2 Å². The fourth-order valence-electron chi connectivity index (χ4n) is 2.96. The summed E-state index contributed by atoms with van der Waals surface area (Å²) in [4.78, 5) is 23.6. The van der Waals surface area contributed by atoms with E-state index >= 15 is 0 Å². The van der Waals surface area contributed by atoms with Crippen LogP contribution < -0.4 is 0 Å². The van der Waals surface area contributed by atoms with Crippen molar-refractivity contribution in [3.05, 3.63) is 35.9 Å². The molecule has 1 fully saturated rings. The maximum Gasteiger partial charge on any atom is 0.410 e. The van der Waals surface area contributed by atoms with Crippen LogP contribution in [-0.2, 0) is 16.1 Å². The first kappa shape index (κ1) is 18.1. The monoisotopic (exact) mass is 345 g/mol. The van der Waals surface area contributed by atoms with Crippen molar-refractivity contribution in [3.63, 3.8) is 0 Å². The minimum Gasteiger partial charge on any atom is -0.481 e. The molecule has 0 spiro atoms. The summed E-state index contributed by atoms with van der Waals surface area (Å²) in [5.41, 5.74) is 0.661. The third-order valence-corrected chi connectivity index (χ3v) is 3.97. The highest BCUT2D eigenvalue weighted by Crippen LogP contribution is 2.37. The Labute approximate surface area is 137 Å². The van der Waals surface area contributed by atoms with E-state index in [0.29, 0.717) is 16.9 Å². The summed E-state index contributed by atoms with van der Waals surface area (Å²) in [5.74, 6) is -2.48. The average molecular weight is 345 g/mol. The van der Waals surface area contributed by atoms with E-state index in [0.717, 1.165) is 0 Å². The van der Waals surface area contributed by atoms with Gasteiger partial charge in [-0.25, -0.2) is 4.79 Å². The highest BCUT2D eigenvalue weighted by Gasteiger charge is 2.52. The smallest absolute Gasteiger partial charge is 0.410 e. The lowest BCUT2D eigenvalue weighted by Gasteiger charge is -2.40. The molecule has 0 aliphatic carbocycles. The summed E-state index contributed by atoms with van der Waals surface area (Å²) >= 11 is 0. The first-order valence-corrected chi connectivity index (χ1v) is 7.55. The standard InChI is InChI=1S/C16H18F3NO4/c17-16(18,19)14-12(9-13(21)22)7-4-8-20(14)15(23)24-10-11-5-2-1-3-6-11/h1-3,5-6,12,14H,4,7-10H2,(H,21,22)/t12-,14+/m1/s1. The molecule has 8 heteroatoms. The first-order chi connectivity index (χ1) is 11.3. The molecule has 0 saturated carbocycles. The summed E-state index contributed by atoms with van der Waals surface area (Å²) in [6, 6.07) is 6.48. The van der Waals surface area contributed by atoms with Crippen molar-refractivity contribution in [2.45, 2.75) is 38.1 Å². The molecule has 1 saturated heterocycles. The van der Waals surface area contributed by atoms with Crippen molar-refractivity contribution in [3.8, 4) is 0 Å². The fourth-order valence-corrected chi connectivity index (χ4v) is 2.96. The number of likely N-dealkylation sites (tertiary alicyclic amines) is 1. The molecule has 1 aromatic carbocycles. The molecule has 1 amide bonds. The van der Waals surface area contributed by atoms with Gasteiger partial charge in [0.05, 0.1) is 6.42 Å². The van der Waals surface area contributed by atoms with Crippen molar-refractivity contribution in [1.82, 2.24) is 4.90 Å². The van der Waals surface area contributed by atoms with Gasteiger partial charge in [0.25, 0.3) is 0 Å². The Morgan fingerprint density at radius 2 is 1.92 bits per heavy atom. The maximum absolute atomic E-state index is 13.4. The van der Waals surface area contributed by atoms with Crippen molar-refractivity contribution in [2.75, 3.05) is 6.54 Å². The third-order valence-electron chi connectivity index (χ3n) is 3.97. The largest absolute Gasteiger partial charge is 0.481 e. The predicted molar refractivity (Wildman–Crippen MR) is 78.2 cm³/mol. The van der Waals surface area contributed by atoms with Gasteiger partial charge in [-0.15, -0.1) is 0 Å². The Hall–Kier alpha value is -2.25. The minimum atomic E-state index is -4.70. The Bertz CT molecular complexity index is 576. The van der Waals surface area contributed by atoms with Gasteiger partial charge >= 0.3 is 18.2 Å². The van der Waals surface area contributed by atoms with Crippen molar-refractivity contribution < 1.29 is 32.6 Å². The molecule has 1 aliphatic heterocycles. The van der Waals surface area contributed by atoms with Crippen LogP contribution in [0, 0.1) is 5.92 Å². The zero-order valence-corrected chi connectivity index (χ0v) is 12.8. The van der Waals surface area contributed by atoms with Crippen LogP contribution in [0.4, 0.5) is 18.0 Å².